The van der Waals surface area contributed by atoms with E-state index in [0.29, 0.717) is 12.5 Å². The van der Waals surface area contributed by atoms with Crippen LogP contribution in [0.2, 0.25) is 0 Å². The van der Waals surface area contributed by atoms with Crippen molar-refractivity contribution in [3.05, 3.63) is 18.2 Å². The first-order valence-electron chi connectivity index (χ1n) is 7.44. The van der Waals surface area contributed by atoms with Gasteiger partial charge in [-0.1, -0.05) is 0 Å². The van der Waals surface area contributed by atoms with Gasteiger partial charge in [-0.15, -0.1) is 0 Å². The van der Waals surface area contributed by atoms with Crippen LogP contribution >= 0.6 is 0 Å². The van der Waals surface area contributed by atoms with Crippen molar-refractivity contribution in [1.82, 2.24) is 20.2 Å². The minimum Gasteiger partial charge on any atom is -0.369 e. The first-order valence-corrected chi connectivity index (χ1v) is 7.44. The van der Waals surface area contributed by atoms with Gasteiger partial charge in [0.2, 0.25) is 5.91 Å². The van der Waals surface area contributed by atoms with Crippen molar-refractivity contribution in [2.45, 2.75) is 44.4 Å². The molecule has 0 radical (unpaired) electrons. The predicted molar refractivity (Wildman–Crippen MR) is 74.2 cm³/mol. The number of ether oxygens (including phenoxy) is 1. The van der Waals surface area contributed by atoms with E-state index in [4.69, 9.17) is 4.74 Å². The number of rotatable bonds is 6. The normalized spacial score (nSPS) is 22.7. The third kappa shape index (κ3) is 3.58. The van der Waals surface area contributed by atoms with Gasteiger partial charge in [0, 0.05) is 32.1 Å². The summed E-state index contributed by atoms with van der Waals surface area (Å²) in [5.41, 5.74) is 1.10. The Hall–Kier alpha value is -1.40. The van der Waals surface area contributed by atoms with Gasteiger partial charge in [0.1, 0.15) is 6.10 Å². The van der Waals surface area contributed by atoms with E-state index in [0.717, 1.165) is 51.2 Å². The highest BCUT2D eigenvalue weighted by atomic mass is 16.5. The molecule has 1 saturated heterocycles. The van der Waals surface area contributed by atoms with E-state index in [2.05, 4.69) is 20.2 Å². The standard InChI is InChI=1S/C14H22N4O2/c19-14(17-11-3-4-11)2-1-6-18-10-16-8-12(18)13-9-15-5-7-20-13/h8,10-11,13,15H,1-7,9H2,(H,17,19). The smallest absolute Gasteiger partial charge is 0.220 e. The van der Waals surface area contributed by atoms with Crippen LogP contribution in [0.15, 0.2) is 12.5 Å². The van der Waals surface area contributed by atoms with Crippen LogP contribution in [0.4, 0.5) is 0 Å². The summed E-state index contributed by atoms with van der Waals surface area (Å²) in [6.07, 6.45) is 7.47. The maximum absolute atomic E-state index is 11.6. The summed E-state index contributed by atoms with van der Waals surface area (Å²) in [4.78, 5) is 15.8. The first-order chi connectivity index (χ1) is 9.83. The molecule has 1 saturated carbocycles. The van der Waals surface area contributed by atoms with Crippen LogP contribution in [0.25, 0.3) is 0 Å². The van der Waals surface area contributed by atoms with Gasteiger partial charge in [0.25, 0.3) is 0 Å². The number of carbonyl (C=O) groups excluding carboxylic acids is 1. The molecule has 2 N–H and O–H groups in total. The lowest BCUT2D eigenvalue weighted by molar-refractivity contribution is -0.121. The molecule has 1 atom stereocenters. The SMILES string of the molecule is O=C(CCCn1cncc1C1CNCCO1)NC1CC1. The summed E-state index contributed by atoms with van der Waals surface area (Å²) in [5.74, 6) is 0.171. The number of aryl methyl sites for hydroxylation is 1. The molecule has 1 unspecified atom stereocenters. The first kappa shape index (κ1) is 13.6. The van der Waals surface area contributed by atoms with Crippen molar-refractivity contribution >= 4 is 5.91 Å². The van der Waals surface area contributed by atoms with Gasteiger partial charge in [0.05, 0.1) is 24.8 Å². The number of aromatic nitrogens is 2. The summed E-state index contributed by atoms with van der Waals surface area (Å²) in [5, 5.41) is 6.34. The third-order valence-electron chi connectivity index (χ3n) is 3.75. The van der Waals surface area contributed by atoms with Crippen molar-refractivity contribution in [2.24, 2.45) is 0 Å². The Kier molecular flexibility index (Phi) is 4.32. The second-order valence-electron chi connectivity index (χ2n) is 5.52. The zero-order chi connectivity index (χ0) is 13.8. The predicted octanol–water partition coefficient (Wildman–Crippen LogP) is 0.603. The maximum Gasteiger partial charge on any atom is 0.220 e. The topological polar surface area (TPSA) is 68.2 Å². The molecule has 1 aromatic heterocycles. The van der Waals surface area contributed by atoms with Crippen LogP contribution in [0.5, 0.6) is 0 Å². The highest BCUT2D eigenvalue weighted by Crippen LogP contribution is 2.20. The molecule has 0 spiro atoms. The van der Waals surface area contributed by atoms with Crippen LogP contribution in [-0.2, 0) is 16.1 Å². The summed E-state index contributed by atoms with van der Waals surface area (Å²) >= 11 is 0. The number of nitrogens with zero attached hydrogens (tertiary/aromatic N) is 2. The number of hydrogen-bond donors (Lipinski definition) is 2. The molecular weight excluding hydrogens is 256 g/mol. The van der Waals surface area contributed by atoms with E-state index in [1.54, 1.807) is 0 Å². The van der Waals surface area contributed by atoms with Crippen molar-refractivity contribution in [3.63, 3.8) is 0 Å². The Morgan fingerprint density at radius 3 is 3.20 bits per heavy atom. The molecule has 2 aliphatic rings. The molecule has 20 heavy (non-hydrogen) atoms. The summed E-state index contributed by atoms with van der Waals surface area (Å²) in [6, 6.07) is 0.452. The number of amides is 1. The lowest BCUT2D eigenvalue weighted by Crippen LogP contribution is -2.34. The van der Waals surface area contributed by atoms with Gasteiger partial charge >= 0.3 is 0 Å². The van der Waals surface area contributed by atoms with E-state index in [1.807, 2.05) is 12.5 Å². The maximum atomic E-state index is 11.6. The zero-order valence-corrected chi connectivity index (χ0v) is 11.7. The molecule has 2 heterocycles. The molecule has 1 aromatic rings. The van der Waals surface area contributed by atoms with Gasteiger partial charge in [-0.3, -0.25) is 4.79 Å². The van der Waals surface area contributed by atoms with Crippen molar-refractivity contribution < 1.29 is 9.53 Å². The quantitative estimate of drug-likeness (QED) is 0.800. The molecule has 3 rings (SSSR count). The minimum atomic E-state index is 0.0755. The Bertz CT molecular complexity index is 450. The van der Waals surface area contributed by atoms with Crippen LogP contribution in [0, 0.1) is 0 Å². The van der Waals surface area contributed by atoms with Crippen LogP contribution < -0.4 is 10.6 Å². The number of hydrogen-bond acceptors (Lipinski definition) is 4. The van der Waals surface area contributed by atoms with E-state index < -0.39 is 0 Å². The second-order valence-corrected chi connectivity index (χ2v) is 5.52. The summed E-state index contributed by atoms with van der Waals surface area (Å²) in [6.45, 7) is 3.28. The van der Waals surface area contributed by atoms with Gasteiger partial charge in [-0.2, -0.15) is 0 Å². The Balaban J connectivity index is 1.47. The molecule has 110 valence electrons. The fourth-order valence-corrected chi connectivity index (χ4v) is 2.48. The number of imidazole rings is 1. The molecule has 0 bridgehead atoms. The fraction of sp³-hybridized carbons (Fsp3) is 0.714. The van der Waals surface area contributed by atoms with Crippen LogP contribution in [0.3, 0.4) is 0 Å². The Morgan fingerprint density at radius 1 is 1.55 bits per heavy atom. The Morgan fingerprint density at radius 2 is 2.45 bits per heavy atom. The van der Waals surface area contributed by atoms with Crippen LogP contribution in [0.1, 0.15) is 37.5 Å². The molecule has 6 nitrogen and oxygen atoms in total. The molecule has 1 amide bonds. The summed E-state index contributed by atoms with van der Waals surface area (Å²) < 4.78 is 7.85. The molecular formula is C14H22N4O2. The van der Waals surface area contributed by atoms with E-state index in [1.165, 1.54) is 0 Å². The van der Waals surface area contributed by atoms with Gasteiger partial charge in [-0.05, 0) is 19.3 Å². The lowest BCUT2D eigenvalue weighted by atomic mass is 10.2. The van der Waals surface area contributed by atoms with E-state index in [9.17, 15) is 4.79 Å². The molecule has 0 aromatic carbocycles. The monoisotopic (exact) mass is 278 g/mol. The average molecular weight is 278 g/mol. The van der Waals surface area contributed by atoms with E-state index >= 15 is 0 Å². The van der Waals surface area contributed by atoms with Crippen molar-refractivity contribution in [1.29, 1.82) is 0 Å². The molecule has 1 aliphatic heterocycles. The largest absolute Gasteiger partial charge is 0.369 e. The average Bonchev–Trinajstić information content (AvgIpc) is 3.15. The Labute approximate surface area is 118 Å². The number of nitrogens with one attached hydrogen (secondary N) is 2. The molecule has 2 fully saturated rings. The molecule has 1 aliphatic carbocycles. The second kappa shape index (κ2) is 6.37. The van der Waals surface area contributed by atoms with Crippen LogP contribution in [-0.4, -0.2) is 41.2 Å². The minimum absolute atomic E-state index is 0.0755. The summed E-state index contributed by atoms with van der Waals surface area (Å²) in [7, 11) is 0. The number of morpholine rings is 1. The molecule has 6 heteroatoms. The van der Waals surface area contributed by atoms with Crippen molar-refractivity contribution in [3.8, 4) is 0 Å². The van der Waals surface area contributed by atoms with Crippen molar-refractivity contribution in [2.75, 3.05) is 19.7 Å². The van der Waals surface area contributed by atoms with Gasteiger partial charge in [0.15, 0.2) is 0 Å². The highest BCUT2D eigenvalue weighted by molar-refractivity contribution is 5.76. The highest BCUT2D eigenvalue weighted by Gasteiger charge is 2.23. The third-order valence-corrected chi connectivity index (χ3v) is 3.75. The number of carbonyl (C=O) groups is 1. The van der Waals surface area contributed by atoms with Gasteiger partial charge < -0.3 is 19.9 Å². The van der Waals surface area contributed by atoms with E-state index in [-0.39, 0.29) is 12.0 Å². The fourth-order valence-electron chi connectivity index (χ4n) is 2.48. The zero-order valence-electron chi connectivity index (χ0n) is 11.7. The van der Waals surface area contributed by atoms with Gasteiger partial charge in [-0.25, -0.2) is 4.98 Å². The lowest BCUT2D eigenvalue weighted by Gasteiger charge is -2.24.